The van der Waals surface area contributed by atoms with Gasteiger partial charge < -0.3 is 0 Å². The van der Waals surface area contributed by atoms with Gasteiger partial charge >= 0.3 is 0 Å². The molecule has 0 fully saturated rings. The van der Waals surface area contributed by atoms with Gasteiger partial charge in [0.1, 0.15) is 0 Å². The van der Waals surface area contributed by atoms with Crippen LogP contribution >= 0.6 is 11.8 Å². The van der Waals surface area contributed by atoms with Gasteiger partial charge in [0.2, 0.25) is 0 Å². The number of hydrogen-bond acceptors (Lipinski definition) is 1. The molecule has 1 aliphatic rings. The van der Waals surface area contributed by atoms with Crippen LogP contribution in [-0.4, -0.2) is 11.5 Å². The van der Waals surface area contributed by atoms with E-state index in [0.717, 1.165) is 19.3 Å². The second kappa shape index (κ2) is 8.24. The molecule has 0 spiro atoms. The maximum absolute atomic E-state index is 4.09. The molecule has 0 aromatic heterocycles. The molecule has 0 saturated heterocycles. The second-order valence-corrected chi connectivity index (χ2v) is 5.95. The zero-order valence-electron chi connectivity index (χ0n) is 11.8. The van der Waals surface area contributed by atoms with Crippen molar-refractivity contribution in [2.45, 2.75) is 44.8 Å². The zero-order chi connectivity index (χ0) is 13.4. The molecule has 0 heterocycles. The molecule has 1 unspecified atom stereocenters. The number of allylic oxidation sites excluding steroid dienone is 6. The minimum absolute atomic E-state index is 0.685. The van der Waals surface area contributed by atoms with E-state index in [1.54, 1.807) is 0 Å². The van der Waals surface area contributed by atoms with Crippen LogP contribution in [0.2, 0.25) is 0 Å². The Labute approximate surface area is 116 Å². The number of hydrogen-bond donors (Lipinski definition) is 0. The highest BCUT2D eigenvalue weighted by Crippen LogP contribution is 2.24. The molecule has 0 N–H and O–H groups in total. The van der Waals surface area contributed by atoms with Gasteiger partial charge in [-0.05, 0) is 62.2 Å². The average Bonchev–Trinajstić information content (AvgIpc) is 2.58. The predicted octanol–water partition coefficient (Wildman–Crippen LogP) is 5.45. The highest BCUT2D eigenvalue weighted by atomic mass is 32.2. The van der Waals surface area contributed by atoms with Gasteiger partial charge in [-0.3, -0.25) is 0 Å². The monoisotopic (exact) mass is 260 g/mol. The van der Waals surface area contributed by atoms with Gasteiger partial charge in [0.25, 0.3) is 0 Å². The van der Waals surface area contributed by atoms with Crippen molar-refractivity contribution in [3.05, 3.63) is 53.3 Å². The topological polar surface area (TPSA) is 0 Å². The molecule has 1 atom stereocenters. The molecule has 0 bridgehead atoms. The van der Waals surface area contributed by atoms with Crippen LogP contribution in [0.4, 0.5) is 0 Å². The van der Waals surface area contributed by atoms with Crippen molar-refractivity contribution in [2.24, 2.45) is 0 Å². The standard InChI is InChI=1S/C17H24S/c1-5-14(2)10-12-17(18-4)13-16-8-6-7-15(3)9-11-16/h7-9,11,17H,2,5,10,12-13H2,1,3-4H3. The molecule has 1 heteroatoms. The first-order valence-corrected chi connectivity index (χ1v) is 7.94. The first-order chi connectivity index (χ1) is 8.65. The van der Waals surface area contributed by atoms with E-state index in [2.05, 4.69) is 50.6 Å². The van der Waals surface area contributed by atoms with Crippen LogP contribution in [0.5, 0.6) is 0 Å². The Hall–Kier alpha value is -0.910. The fourth-order valence-electron chi connectivity index (χ4n) is 1.85. The van der Waals surface area contributed by atoms with Gasteiger partial charge in [0.05, 0.1) is 0 Å². The summed E-state index contributed by atoms with van der Waals surface area (Å²) in [5.41, 5.74) is 7.25. The summed E-state index contributed by atoms with van der Waals surface area (Å²) in [4.78, 5) is 0. The van der Waals surface area contributed by atoms with Gasteiger partial charge in [-0.25, -0.2) is 0 Å². The van der Waals surface area contributed by atoms with Crippen LogP contribution in [0.15, 0.2) is 53.3 Å². The molecule has 1 aliphatic carbocycles. The third kappa shape index (κ3) is 5.62. The molecular formula is C17H24S. The third-order valence-corrected chi connectivity index (χ3v) is 4.33. The molecule has 0 aliphatic heterocycles. The molecular weight excluding hydrogens is 236 g/mol. The van der Waals surface area contributed by atoms with Crippen molar-refractivity contribution in [3.63, 3.8) is 0 Å². The number of thioether (sulfide) groups is 1. The Bertz CT molecular complexity index is 403. The van der Waals surface area contributed by atoms with Crippen molar-refractivity contribution in [1.82, 2.24) is 0 Å². The highest BCUT2D eigenvalue weighted by Gasteiger charge is 2.09. The van der Waals surface area contributed by atoms with E-state index >= 15 is 0 Å². The lowest BCUT2D eigenvalue weighted by molar-refractivity contribution is 0.738. The van der Waals surface area contributed by atoms with E-state index in [0.29, 0.717) is 5.25 Å². The molecule has 0 aromatic carbocycles. The SMILES string of the molecule is C=C(CC)CCC(CC1=CC=C(C)C=C=C1)SC. The van der Waals surface area contributed by atoms with Crippen LogP contribution in [-0.2, 0) is 0 Å². The molecule has 0 radical (unpaired) electrons. The summed E-state index contributed by atoms with van der Waals surface area (Å²) in [6, 6.07) is 0. The summed E-state index contributed by atoms with van der Waals surface area (Å²) < 4.78 is 0. The summed E-state index contributed by atoms with van der Waals surface area (Å²) in [7, 11) is 0. The molecule has 18 heavy (non-hydrogen) atoms. The van der Waals surface area contributed by atoms with Crippen LogP contribution in [0.1, 0.15) is 39.5 Å². The smallest absolute Gasteiger partial charge is 0.00879 e. The summed E-state index contributed by atoms with van der Waals surface area (Å²) in [5.74, 6) is 0. The van der Waals surface area contributed by atoms with Crippen molar-refractivity contribution >= 4 is 11.8 Å². The van der Waals surface area contributed by atoms with E-state index in [1.165, 1.54) is 23.1 Å². The summed E-state index contributed by atoms with van der Waals surface area (Å²) in [6.45, 7) is 8.39. The average molecular weight is 260 g/mol. The van der Waals surface area contributed by atoms with E-state index in [1.807, 2.05) is 17.8 Å². The Balaban J connectivity index is 2.53. The normalized spacial score (nSPS) is 15.9. The van der Waals surface area contributed by atoms with E-state index in [-0.39, 0.29) is 0 Å². The molecule has 0 saturated carbocycles. The molecule has 98 valence electrons. The molecule has 1 rings (SSSR count). The maximum atomic E-state index is 4.09. The number of rotatable bonds is 7. The Morgan fingerprint density at radius 3 is 2.83 bits per heavy atom. The van der Waals surface area contributed by atoms with Crippen LogP contribution in [0.25, 0.3) is 0 Å². The van der Waals surface area contributed by atoms with E-state index in [9.17, 15) is 0 Å². The van der Waals surface area contributed by atoms with Gasteiger partial charge in [0.15, 0.2) is 0 Å². The van der Waals surface area contributed by atoms with Crippen LogP contribution in [0.3, 0.4) is 0 Å². The molecule has 0 aromatic rings. The first-order valence-electron chi connectivity index (χ1n) is 6.65. The maximum Gasteiger partial charge on any atom is 0.00879 e. The molecule has 0 nitrogen and oxygen atoms in total. The first kappa shape index (κ1) is 15.1. The van der Waals surface area contributed by atoms with Crippen LogP contribution < -0.4 is 0 Å². The quantitative estimate of drug-likeness (QED) is 0.433. The Morgan fingerprint density at radius 1 is 1.39 bits per heavy atom. The van der Waals surface area contributed by atoms with E-state index in [4.69, 9.17) is 0 Å². The minimum atomic E-state index is 0.685. The lowest BCUT2D eigenvalue weighted by atomic mass is 10.0. The van der Waals surface area contributed by atoms with Crippen molar-refractivity contribution in [1.29, 1.82) is 0 Å². The van der Waals surface area contributed by atoms with Crippen molar-refractivity contribution < 1.29 is 0 Å². The zero-order valence-corrected chi connectivity index (χ0v) is 12.6. The third-order valence-electron chi connectivity index (χ3n) is 3.26. The Morgan fingerprint density at radius 2 is 2.17 bits per heavy atom. The fraction of sp³-hybridized carbons (Fsp3) is 0.471. The summed E-state index contributed by atoms with van der Waals surface area (Å²) in [6.07, 6.45) is 15.4. The van der Waals surface area contributed by atoms with Gasteiger partial charge in [-0.15, -0.1) is 5.73 Å². The van der Waals surface area contributed by atoms with Crippen LogP contribution in [0, 0.1) is 0 Å². The summed E-state index contributed by atoms with van der Waals surface area (Å²) >= 11 is 1.96. The van der Waals surface area contributed by atoms with Crippen molar-refractivity contribution in [3.8, 4) is 0 Å². The lowest BCUT2D eigenvalue weighted by Crippen LogP contribution is -2.03. The van der Waals surface area contributed by atoms with Gasteiger partial charge in [-0.1, -0.05) is 31.2 Å². The Kier molecular flexibility index (Phi) is 6.93. The predicted molar refractivity (Wildman–Crippen MR) is 85.1 cm³/mol. The molecule has 0 amide bonds. The summed E-state index contributed by atoms with van der Waals surface area (Å²) in [5, 5.41) is 0.685. The van der Waals surface area contributed by atoms with Crippen molar-refractivity contribution in [2.75, 3.05) is 6.26 Å². The highest BCUT2D eigenvalue weighted by molar-refractivity contribution is 7.99. The largest absolute Gasteiger partial charge is 0.162 e. The fourth-order valence-corrected chi connectivity index (χ4v) is 2.56. The minimum Gasteiger partial charge on any atom is -0.162 e. The van der Waals surface area contributed by atoms with E-state index < -0.39 is 0 Å². The van der Waals surface area contributed by atoms with Gasteiger partial charge in [0, 0.05) is 5.25 Å². The van der Waals surface area contributed by atoms with Gasteiger partial charge in [-0.2, -0.15) is 11.8 Å². The lowest BCUT2D eigenvalue weighted by Gasteiger charge is -2.15. The second-order valence-electron chi connectivity index (χ2n) is 4.81.